The second kappa shape index (κ2) is 8.06. The lowest BCUT2D eigenvalue weighted by atomic mass is 10.1. The van der Waals surface area contributed by atoms with Crippen LogP contribution in [0.2, 0.25) is 0 Å². The molecule has 0 aromatic heterocycles. The number of benzene rings is 1. The largest absolute Gasteiger partial charge is 0.497 e. The smallest absolute Gasteiger partial charge is 0.223 e. The maximum atomic E-state index is 12.5. The minimum atomic E-state index is 0.249. The first-order chi connectivity index (χ1) is 10.7. The average molecular weight is 305 g/mol. The lowest BCUT2D eigenvalue weighted by Gasteiger charge is -2.27. The van der Waals surface area contributed by atoms with Gasteiger partial charge in [0.2, 0.25) is 5.91 Å². The molecular formula is C18H27NO3. The molecule has 1 aliphatic rings. The molecule has 0 N–H and O–H groups in total. The third kappa shape index (κ3) is 3.93. The van der Waals surface area contributed by atoms with E-state index in [1.54, 1.807) is 14.2 Å². The lowest BCUT2D eigenvalue weighted by molar-refractivity contribution is -0.133. The molecule has 1 aromatic carbocycles. The van der Waals surface area contributed by atoms with Gasteiger partial charge in [0.15, 0.2) is 0 Å². The summed E-state index contributed by atoms with van der Waals surface area (Å²) >= 11 is 0. The zero-order valence-corrected chi connectivity index (χ0v) is 13.9. The predicted octanol–water partition coefficient (Wildman–Crippen LogP) is 3.43. The molecule has 1 fully saturated rings. The number of aryl methyl sites for hydroxylation is 1. The molecule has 2 rings (SSSR count). The standard InChI is InChI=1S/C18H27NO3/c1-4-19(15-7-5-6-8-15)18(20)12-9-14-13-16(21-2)10-11-17(14)22-3/h10-11,13,15H,4-9,12H2,1-3H3. The van der Waals surface area contributed by atoms with E-state index in [1.165, 1.54) is 12.8 Å². The summed E-state index contributed by atoms with van der Waals surface area (Å²) in [7, 11) is 3.31. The second-order valence-corrected chi connectivity index (χ2v) is 5.80. The predicted molar refractivity (Wildman–Crippen MR) is 87.5 cm³/mol. The van der Waals surface area contributed by atoms with Gasteiger partial charge in [-0.15, -0.1) is 0 Å². The molecule has 22 heavy (non-hydrogen) atoms. The molecule has 0 heterocycles. The van der Waals surface area contributed by atoms with E-state index in [2.05, 4.69) is 11.8 Å². The van der Waals surface area contributed by atoms with Gasteiger partial charge < -0.3 is 14.4 Å². The van der Waals surface area contributed by atoms with Crippen LogP contribution in [0.1, 0.15) is 44.6 Å². The van der Waals surface area contributed by atoms with Gasteiger partial charge in [0.05, 0.1) is 14.2 Å². The quantitative estimate of drug-likeness (QED) is 0.774. The molecule has 4 heteroatoms. The Morgan fingerprint density at radius 2 is 1.95 bits per heavy atom. The van der Waals surface area contributed by atoms with Crippen molar-refractivity contribution in [2.24, 2.45) is 0 Å². The van der Waals surface area contributed by atoms with E-state index < -0.39 is 0 Å². The van der Waals surface area contributed by atoms with Gasteiger partial charge in [0.25, 0.3) is 0 Å². The van der Waals surface area contributed by atoms with E-state index in [0.717, 1.165) is 36.4 Å². The van der Waals surface area contributed by atoms with Crippen molar-refractivity contribution in [3.63, 3.8) is 0 Å². The molecule has 4 nitrogen and oxygen atoms in total. The molecule has 0 saturated heterocycles. The highest BCUT2D eigenvalue weighted by atomic mass is 16.5. The van der Waals surface area contributed by atoms with Gasteiger partial charge in [-0.3, -0.25) is 4.79 Å². The Hall–Kier alpha value is -1.71. The first-order valence-electron chi connectivity index (χ1n) is 8.20. The first-order valence-corrected chi connectivity index (χ1v) is 8.20. The summed E-state index contributed by atoms with van der Waals surface area (Å²) in [6.45, 7) is 2.88. The molecule has 0 unspecified atom stereocenters. The van der Waals surface area contributed by atoms with Crippen LogP contribution >= 0.6 is 0 Å². The molecule has 0 radical (unpaired) electrons. The topological polar surface area (TPSA) is 38.8 Å². The van der Waals surface area contributed by atoms with Crippen LogP contribution in [0.15, 0.2) is 18.2 Å². The Labute approximate surface area is 133 Å². The van der Waals surface area contributed by atoms with Crippen LogP contribution in [-0.4, -0.2) is 37.6 Å². The van der Waals surface area contributed by atoms with Gasteiger partial charge in [-0.2, -0.15) is 0 Å². The van der Waals surface area contributed by atoms with Crippen molar-refractivity contribution in [3.05, 3.63) is 23.8 Å². The summed E-state index contributed by atoms with van der Waals surface area (Å²) in [5.74, 6) is 1.86. The first kappa shape index (κ1) is 16.7. The van der Waals surface area contributed by atoms with Crippen LogP contribution in [0.4, 0.5) is 0 Å². The van der Waals surface area contributed by atoms with Gasteiger partial charge in [-0.25, -0.2) is 0 Å². The van der Waals surface area contributed by atoms with Crippen LogP contribution < -0.4 is 9.47 Å². The number of carbonyl (C=O) groups is 1. The summed E-state index contributed by atoms with van der Waals surface area (Å²) in [6.07, 6.45) is 6.01. The Balaban J connectivity index is 2.00. The third-order valence-electron chi connectivity index (χ3n) is 4.52. The number of nitrogens with zero attached hydrogens (tertiary/aromatic N) is 1. The number of carbonyl (C=O) groups excluding carboxylic acids is 1. The van der Waals surface area contributed by atoms with Gasteiger partial charge in [-0.05, 0) is 49.9 Å². The van der Waals surface area contributed by atoms with Crippen molar-refractivity contribution in [3.8, 4) is 11.5 Å². The summed E-state index contributed by atoms with van der Waals surface area (Å²) < 4.78 is 10.6. The molecule has 1 aliphatic carbocycles. The van der Waals surface area contributed by atoms with Crippen molar-refractivity contribution in [1.82, 2.24) is 4.90 Å². The fourth-order valence-corrected chi connectivity index (χ4v) is 3.32. The van der Waals surface area contributed by atoms with Crippen LogP contribution in [-0.2, 0) is 11.2 Å². The van der Waals surface area contributed by atoms with Crippen LogP contribution in [0, 0.1) is 0 Å². The van der Waals surface area contributed by atoms with E-state index in [-0.39, 0.29) is 5.91 Å². The fraction of sp³-hybridized carbons (Fsp3) is 0.611. The Bertz CT molecular complexity index is 495. The van der Waals surface area contributed by atoms with Crippen molar-refractivity contribution >= 4 is 5.91 Å². The molecule has 122 valence electrons. The van der Waals surface area contributed by atoms with Crippen molar-refractivity contribution in [2.45, 2.75) is 51.5 Å². The summed E-state index contributed by atoms with van der Waals surface area (Å²) in [5.41, 5.74) is 1.03. The van der Waals surface area contributed by atoms with Crippen molar-refractivity contribution in [1.29, 1.82) is 0 Å². The SMILES string of the molecule is CCN(C(=O)CCc1cc(OC)ccc1OC)C1CCCC1. The molecule has 0 aliphatic heterocycles. The zero-order valence-electron chi connectivity index (χ0n) is 13.9. The molecule has 0 spiro atoms. The van der Waals surface area contributed by atoms with E-state index in [0.29, 0.717) is 18.9 Å². The van der Waals surface area contributed by atoms with Crippen LogP contribution in [0.3, 0.4) is 0 Å². The second-order valence-electron chi connectivity index (χ2n) is 5.80. The zero-order chi connectivity index (χ0) is 15.9. The number of amides is 1. The normalized spacial score (nSPS) is 14.9. The van der Waals surface area contributed by atoms with Crippen molar-refractivity contribution in [2.75, 3.05) is 20.8 Å². The number of rotatable bonds is 7. The minimum absolute atomic E-state index is 0.249. The van der Waals surface area contributed by atoms with E-state index in [1.807, 2.05) is 18.2 Å². The molecule has 1 saturated carbocycles. The molecule has 1 aromatic rings. The number of methoxy groups -OCH3 is 2. The summed E-state index contributed by atoms with van der Waals surface area (Å²) in [5, 5.41) is 0. The van der Waals surface area contributed by atoms with Gasteiger partial charge in [0, 0.05) is 19.0 Å². The summed E-state index contributed by atoms with van der Waals surface area (Å²) in [6, 6.07) is 6.18. The number of hydrogen-bond acceptors (Lipinski definition) is 3. The van der Waals surface area contributed by atoms with Gasteiger partial charge >= 0.3 is 0 Å². The Morgan fingerprint density at radius 1 is 1.23 bits per heavy atom. The number of ether oxygens (including phenoxy) is 2. The van der Waals surface area contributed by atoms with Crippen LogP contribution in [0.25, 0.3) is 0 Å². The average Bonchev–Trinajstić information content (AvgIpc) is 3.07. The maximum absolute atomic E-state index is 12.5. The van der Waals surface area contributed by atoms with Crippen LogP contribution in [0.5, 0.6) is 11.5 Å². The summed E-state index contributed by atoms with van der Waals surface area (Å²) in [4.78, 5) is 14.6. The molecule has 0 atom stereocenters. The van der Waals surface area contributed by atoms with Gasteiger partial charge in [-0.1, -0.05) is 12.8 Å². The third-order valence-corrected chi connectivity index (χ3v) is 4.52. The Morgan fingerprint density at radius 3 is 2.55 bits per heavy atom. The fourth-order valence-electron chi connectivity index (χ4n) is 3.32. The monoisotopic (exact) mass is 305 g/mol. The lowest BCUT2D eigenvalue weighted by Crippen LogP contribution is -2.38. The van der Waals surface area contributed by atoms with Crippen molar-refractivity contribution < 1.29 is 14.3 Å². The Kier molecular flexibility index (Phi) is 6.10. The van der Waals surface area contributed by atoms with E-state index >= 15 is 0 Å². The minimum Gasteiger partial charge on any atom is -0.497 e. The van der Waals surface area contributed by atoms with E-state index in [9.17, 15) is 4.79 Å². The molecule has 1 amide bonds. The molecule has 0 bridgehead atoms. The number of hydrogen-bond donors (Lipinski definition) is 0. The molecular weight excluding hydrogens is 278 g/mol. The maximum Gasteiger partial charge on any atom is 0.223 e. The highest BCUT2D eigenvalue weighted by Gasteiger charge is 2.25. The van der Waals surface area contributed by atoms with E-state index in [4.69, 9.17) is 9.47 Å². The highest BCUT2D eigenvalue weighted by molar-refractivity contribution is 5.77. The highest BCUT2D eigenvalue weighted by Crippen LogP contribution is 2.27. The van der Waals surface area contributed by atoms with Gasteiger partial charge in [0.1, 0.15) is 11.5 Å².